The topological polar surface area (TPSA) is 147 Å². The van der Waals surface area contributed by atoms with Crippen molar-refractivity contribution >= 4 is 33.2 Å². The normalized spacial score (nSPS) is 20.2. The summed E-state index contributed by atoms with van der Waals surface area (Å²) in [5.74, 6) is -2.26. The largest absolute Gasteiger partial charge is 0.507 e. The molecule has 11 nitrogen and oxygen atoms in total. The van der Waals surface area contributed by atoms with Crippen molar-refractivity contribution in [3.8, 4) is 0 Å². The zero-order chi connectivity index (χ0) is 28.2. The van der Waals surface area contributed by atoms with Gasteiger partial charge in [0.2, 0.25) is 10.0 Å². The first-order chi connectivity index (χ1) is 18.7. The van der Waals surface area contributed by atoms with E-state index in [-0.39, 0.29) is 28.3 Å². The third-order valence-corrected chi connectivity index (χ3v) is 8.93. The van der Waals surface area contributed by atoms with Crippen molar-refractivity contribution in [1.82, 2.24) is 9.21 Å². The Labute approximate surface area is 226 Å². The smallest absolute Gasteiger partial charge is 0.295 e. The summed E-state index contributed by atoms with van der Waals surface area (Å²) in [5.41, 5.74) is -0.00282. The molecule has 1 unspecified atom stereocenters. The van der Waals surface area contributed by atoms with E-state index in [0.29, 0.717) is 31.7 Å². The summed E-state index contributed by atoms with van der Waals surface area (Å²) in [6.45, 7) is 1.33. The molecule has 0 aromatic heterocycles. The molecular formula is C27H31N3O8S. The lowest BCUT2D eigenvalue weighted by Crippen LogP contribution is -2.31. The van der Waals surface area contributed by atoms with E-state index in [2.05, 4.69) is 0 Å². The molecule has 0 radical (unpaired) electrons. The maximum Gasteiger partial charge on any atom is 0.295 e. The number of carbonyl (C=O) groups excluding carboxylic acids is 2. The van der Waals surface area contributed by atoms with E-state index in [0.717, 1.165) is 25.7 Å². The molecular weight excluding hydrogens is 526 g/mol. The molecule has 4 rings (SSSR count). The summed E-state index contributed by atoms with van der Waals surface area (Å²) in [7, 11) is -2.22. The van der Waals surface area contributed by atoms with Crippen LogP contribution in [-0.2, 0) is 24.3 Å². The van der Waals surface area contributed by atoms with Crippen LogP contribution in [0.2, 0.25) is 0 Å². The molecule has 2 heterocycles. The van der Waals surface area contributed by atoms with Gasteiger partial charge in [-0.15, -0.1) is 0 Å². The van der Waals surface area contributed by atoms with Gasteiger partial charge in [0.1, 0.15) is 5.76 Å². The van der Waals surface area contributed by atoms with Gasteiger partial charge in [-0.3, -0.25) is 19.7 Å². The molecule has 0 saturated carbocycles. The number of methoxy groups -OCH3 is 1. The number of non-ortho nitro benzene ring substituents is 1. The first kappa shape index (κ1) is 28.4. The van der Waals surface area contributed by atoms with Crippen molar-refractivity contribution in [2.75, 3.05) is 33.4 Å². The number of nitro benzene ring substituents is 1. The van der Waals surface area contributed by atoms with E-state index in [1.165, 1.54) is 58.8 Å². The molecule has 0 bridgehead atoms. The van der Waals surface area contributed by atoms with Crippen LogP contribution in [-0.4, -0.2) is 72.7 Å². The van der Waals surface area contributed by atoms with Crippen molar-refractivity contribution in [2.45, 2.75) is 43.0 Å². The second kappa shape index (κ2) is 12.1. The molecule has 2 aromatic rings. The van der Waals surface area contributed by atoms with Gasteiger partial charge in [0.15, 0.2) is 0 Å². The van der Waals surface area contributed by atoms with Crippen LogP contribution in [0.15, 0.2) is 59.0 Å². The van der Waals surface area contributed by atoms with E-state index in [1.807, 2.05) is 0 Å². The van der Waals surface area contributed by atoms with Gasteiger partial charge in [-0.25, -0.2) is 8.42 Å². The van der Waals surface area contributed by atoms with Gasteiger partial charge in [0, 0.05) is 51.0 Å². The van der Waals surface area contributed by atoms with E-state index in [9.17, 15) is 33.2 Å². The van der Waals surface area contributed by atoms with Crippen LogP contribution in [0.5, 0.6) is 0 Å². The summed E-state index contributed by atoms with van der Waals surface area (Å²) >= 11 is 0. The molecule has 2 aromatic carbocycles. The zero-order valence-electron chi connectivity index (χ0n) is 21.6. The van der Waals surface area contributed by atoms with Crippen LogP contribution in [0.25, 0.3) is 5.76 Å². The van der Waals surface area contributed by atoms with Crippen LogP contribution < -0.4 is 0 Å². The summed E-state index contributed by atoms with van der Waals surface area (Å²) in [6.07, 6.45) is 3.94. The van der Waals surface area contributed by atoms with Gasteiger partial charge >= 0.3 is 0 Å². The third-order valence-electron chi connectivity index (χ3n) is 7.01. The van der Waals surface area contributed by atoms with Crippen LogP contribution in [0.3, 0.4) is 0 Å². The molecule has 0 spiro atoms. The number of benzene rings is 2. The highest BCUT2D eigenvalue weighted by Gasteiger charge is 2.46. The number of ether oxygens (including phenoxy) is 1. The highest BCUT2D eigenvalue weighted by molar-refractivity contribution is 7.89. The summed E-state index contributed by atoms with van der Waals surface area (Å²) in [5, 5.41) is 22.6. The number of sulfonamides is 1. The van der Waals surface area contributed by atoms with Gasteiger partial charge in [0.25, 0.3) is 17.4 Å². The molecule has 2 aliphatic heterocycles. The molecule has 1 N–H and O–H groups in total. The Morgan fingerprint density at radius 3 is 2.36 bits per heavy atom. The first-order valence-corrected chi connectivity index (χ1v) is 14.2. The molecule has 39 heavy (non-hydrogen) atoms. The standard InChI is InChI=1S/C27H31N3O8S/c1-38-17-7-16-29-24(20-8-6-9-21(18-20)30(34)35)23(26(32)27(29)33)25(31)19-10-12-22(13-11-19)39(36,37)28-14-4-2-3-5-15-28/h6,8-13,18,24,31H,2-5,7,14-17H2,1H3/b25-23-. The van der Waals surface area contributed by atoms with Crippen LogP contribution in [0.4, 0.5) is 5.69 Å². The zero-order valence-corrected chi connectivity index (χ0v) is 22.4. The number of carbonyl (C=O) groups is 2. The number of aliphatic hydroxyl groups excluding tert-OH is 1. The number of nitrogens with zero attached hydrogens (tertiary/aromatic N) is 3. The Hall–Kier alpha value is -3.61. The second-order valence-electron chi connectivity index (χ2n) is 9.53. The average Bonchev–Trinajstić information content (AvgIpc) is 3.11. The summed E-state index contributed by atoms with van der Waals surface area (Å²) in [6, 6.07) is 10.0. The van der Waals surface area contributed by atoms with Gasteiger partial charge in [-0.05, 0) is 49.1 Å². The SMILES string of the molecule is COCCCN1C(=O)C(=O)/C(=C(\O)c2ccc(S(=O)(=O)N3CCCCCC3)cc2)C1c1cccc([N+](=O)[O-])c1. The highest BCUT2D eigenvalue weighted by Crippen LogP contribution is 2.40. The maximum absolute atomic E-state index is 13.2. The van der Waals surface area contributed by atoms with Crippen LogP contribution in [0.1, 0.15) is 49.3 Å². The number of Topliss-reactive ketones (excluding diaryl/α,β-unsaturated/α-hetero) is 1. The van der Waals surface area contributed by atoms with Crippen molar-refractivity contribution in [2.24, 2.45) is 0 Å². The van der Waals surface area contributed by atoms with Gasteiger partial charge < -0.3 is 14.7 Å². The lowest BCUT2D eigenvalue weighted by molar-refractivity contribution is -0.384. The molecule has 12 heteroatoms. The highest BCUT2D eigenvalue weighted by atomic mass is 32.2. The number of nitro groups is 1. The lowest BCUT2D eigenvalue weighted by atomic mass is 9.95. The Bertz CT molecular complexity index is 1380. The van der Waals surface area contributed by atoms with Crippen LogP contribution >= 0.6 is 0 Å². The van der Waals surface area contributed by atoms with Crippen molar-refractivity contribution in [3.05, 3.63) is 75.3 Å². The summed E-state index contributed by atoms with van der Waals surface area (Å²) < 4.78 is 32.8. The number of likely N-dealkylation sites (tertiary alicyclic amines) is 1. The Kier molecular flexibility index (Phi) is 8.78. The minimum atomic E-state index is -3.72. The fourth-order valence-electron chi connectivity index (χ4n) is 5.02. The molecule has 2 aliphatic rings. The minimum Gasteiger partial charge on any atom is -0.507 e. The molecule has 1 atom stereocenters. The Balaban J connectivity index is 1.74. The number of hydrogen-bond donors (Lipinski definition) is 1. The van der Waals surface area contributed by atoms with E-state index in [1.54, 1.807) is 6.07 Å². The second-order valence-corrected chi connectivity index (χ2v) is 11.5. The van der Waals surface area contributed by atoms with Gasteiger partial charge in [-0.1, -0.05) is 25.0 Å². The number of hydrogen-bond acceptors (Lipinski definition) is 8. The molecule has 1 amide bonds. The van der Waals surface area contributed by atoms with Crippen molar-refractivity contribution < 1.29 is 32.8 Å². The molecule has 2 fully saturated rings. The monoisotopic (exact) mass is 557 g/mol. The number of aliphatic hydroxyl groups is 1. The fraction of sp³-hybridized carbons (Fsp3) is 0.407. The van der Waals surface area contributed by atoms with Gasteiger partial charge in [-0.2, -0.15) is 4.31 Å². The number of ketones is 1. The Morgan fingerprint density at radius 2 is 1.74 bits per heavy atom. The maximum atomic E-state index is 13.2. The van der Waals surface area contributed by atoms with Gasteiger partial charge in [0.05, 0.1) is 21.4 Å². The van der Waals surface area contributed by atoms with Crippen LogP contribution in [0, 0.1) is 10.1 Å². The molecule has 208 valence electrons. The third kappa shape index (κ3) is 5.87. The fourth-order valence-corrected chi connectivity index (χ4v) is 6.53. The molecule has 2 saturated heterocycles. The van der Waals surface area contributed by atoms with E-state index in [4.69, 9.17) is 4.74 Å². The predicted octanol–water partition coefficient (Wildman–Crippen LogP) is 3.62. The van der Waals surface area contributed by atoms with Crippen molar-refractivity contribution in [3.63, 3.8) is 0 Å². The Morgan fingerprint density at radius 1 is 1.08 bits per heavy atom. The number of rotatable bonds is 9. The number of amides is 1. The first-order valence-electron chi connectivity index (χ1n) is 12.8. The summed E-state index contributed by atoms with van der Waals surface area (Å²) in [4.78, 5) is 38.3. The minimum absolute atomic E-state index is 0.0659. The average molecular weight is 558 g/mol. The predicted molar refractivity (Wildman–Crippen MR) is 142 cm³/mol. The van der Waals surface area contributed by atoms with E-state index >= 15 is 0 Å². The van der Waals surface area contributed by atoms with Crippen molar-refractivity contribution in [1.29, 1.82) is 0 Å². The van der Waals surface area contributed by atoms with E-state index < -0.39 is 38.4 Å². The molecule has 0 aliphatic carbocycles. The quantitative estimate of drug-likeness (QED) is 0.123. The lowest BCUT2D eigenvalue weighted by Gasteiger charge is -2.25.